The third-order valence-corrected chi connectivity index (χ3v) is 13.1. The van der Waals surface area contributed by atoms with E-state index in [-0.39, 0.29) is 36.6 Å². The molecule has 0 saturated heterocycles. The maximum absolute atomic E-state index is 14.7. The predicted molar refractivity (Wildman–Crippen MR) is 236 cm³/mol. The number of carbonyl (C=O) groups excluding carboxylic acids is 2. The van der Waals surface area contributed by atoms with Gasteiger partial charge in [-0.15, -0.1) is 13.2 Å². The zero-order valence-corrected chi connectivity index (χ0v) is 35.5. The Morgan fingerprint density at radius 1 is 0.871 bits per heavy atom. The lowest BCUT2D eigenvalue weighted by atomic mass is 9.64. The summed E-state index contributed by atoms with van der Waals surface area (Å²) in [4.78, 5) is 30.7. The van der Waals surface area contributed by atoms with Gasteiger partial charge in [0.25, 0.3) is 0 Å². The molecule has 8 rings (SSSR count). The van der Waals surface area contributed by atoms with Gasteiger partial charge in [0.1, 0.15) is 5.75 Å². The van der Waals surface area contributed by atoms with Crippen LogP contribution < -0.4 is 10.1 Å². The molecule has 324 valence electrons. The number of allylic oxidation sites excluding steroid dienone is 2. The Labute approximate surface area is 362 Å². The van der Waals surface area contributed by atoms with E-state index < -0.39 is 29.5 Å². The Hall–Kier alpha value is -5.71. The number of nitrogens with one attached hydrogen (secondary N) is 1. The summed E-state index contributed by atoms with van der Waals surface area (Å²) in [5, 5.41) is 27.4. The first-order chi connectivity index (χ1) is 29.6. The summed E-state index contributed by atoms with van der Waals surface area (Å²) >= 11 is 0. The first kappa shape index (κ1) is 44.3. The molecule has 0 radical (unpaired) electrons. The van der Waals surface area contributed by atoms with E-state index in [0.717, 1.165) is 33.4 Å². The first-order valence-electron chi connectivity index (χ1n) is 21.4. The lowest BCUT2D eigenvalue weighted by Crippen LogP contribution is -2.55. The normalized spacial score (nSPS) is 22.2. The van der Waals surface area contributed by atoms with E-state index in [1.165, 1.54) is 24.3 Å². The number of ether oxygens (including phenoxy) is 1. The molecule has 0 spiro atoms. The van der Waals surface area contributed by atoms with Crippen LogP contribution in [0.4, 0.5) is 18.0 Å². The number of aliphatic hydroxyl groups excluding tert-OH is 1. The second-order valence-corrected chi connectivity index (χ2v) is 17.3. The number of hydrogen-bond acceptors (Lipinski definition) is 5. The van der Waals surface area contributed by atoms with Gasteiger partial charge < -0.3 is 25.2 Å². The summed E-state index contributed by atoms with van der Waals surface area (Å²) in [6.45, 7) is 5.91. The van der Waals surface area contributed by atoms with Gasteiger partial charge in [0.15, 0.2) is 5.78 Å². The Kier molecular flexibility index (Phi) is 13.4. The van der Waals surface area contributed by atoms with E-state index in [4.69, 9.17) is 0 Å². The molecular weight excluding hydrogens is 790 g/mol. The highest BCUT2D eigenvalue weighted by atomic mass is 19.4. The van der Waals surface area contributed by atoms with Crippen LogP contribution in [0.25, 0.3) is 11.1 Å². The Morgan fingerprint density at radius 2 is 1.53 bits per heavy atom. The van der Waals surface area contributed by atoms with Crippen molar-refractivity contribution in [3.05, 3.63) is 172 Å². The van der Waals surface area contributed by atoms with E-state index in [2.05, 4.69) is 30.0 Å². The highest BCUT2D eigenvalue weighted by Crippen LogP contribution is 2.59. The fourth-order valence-electron chi connectivity index (χ4n) is 9.43. The first-order valence-corrected chi connectivity index (χ1v) is 21.4. The lowest BCUT2D eigenvalue weighted by molar-refractivity contribution is -0.274. The van der Waals surface area contributed by atoms with Gasteiger partial charge in [0.2, 0.25) is 0 Å². The molecule has 1 saturated carbocycles. The molecule has 3 aliphatic rings. The monoisotopic (exact) mass is 844 g/mol. The number of alkyl halides is 3. The van der Waals surface area contributed by atoms with Crippen LogP contribution in [0.2, 0.25) is 0 Å². The number of hydrogen-bond donors (Lipinski definition) is 3. The maximum Gasteiger partial charge on any atom is 0.573 e. The second kappa shape index (κ2) is 18.7. The number of fused-ring (bicyclic) bond motifs is 8. The van der Waals surface area contributed by atoms with Crippen molar-refractivity contribution in [3.63, 3.8) is 0 Å². The van der Waals surface area contributed by atoms with Crippen molar-refractivity contribution in [1.29, 1.82) is 0 Å². The van der Waals surface area contributed by atoms with E-state index in [1.807, 2.05) is 110 Å². The number of rotatable bonds is 10. The highest BCUT2D eigenvalue weighted by molar-refractivity contribution is 6.10. The van der Waals surface area contributed by atoms with E-state index >= 15 is 0 Å². The standard InChI is InChI=1S/C52H55F3N2O5/c1-35-11-10-29-50(3)47(45-27-19-38(31-43(58)24-16-35)32-46(45)48(59)42-22-20-41(21-23-42)40-14-8-5-9-15-40)28-30-51(50,61)34-57(49(60)56-36(2)39-12-6-4-7-13-39)33-37-17-25-44(26-18-37)62-52(53,54)55/h4-9,11-15,17-23,25-27,32,36,43,47,58,61H,10,16,24,28-31,33-34H2,1-3H3,(H,56,60). The van der Waals surface area contributed by atoms with Crippen molar-refractivity contribution in [1.82, 2.24) is 10.2 Å². The molecule has 5 unspecified atom stereocenters. The van der Waals surface area contributed by atoms with Gasteiger partial charge in [-0.25, -0.2) is 4.79 Å². The van der Waals surface area contributed by atoms with E-state index in [1.54, 1.807) is 4.90 Å². The number of benzene rings is 5. The number of ketones is 1. The van der Waals surface area contributed by atoms with Crippen LogP contribution in [-0.2, 0) is 13.0 Å². The Bertz CT molecular complexity index is 2350. The predicted octanol–water partition coefficient (Wildman–Crippen LogP) is 11.5. The summed E-state index contributed by atoms with van der Waals surface area (Å²) in [5.74, 6) is -0.816. The molecule has 3 N–H and O–H groups in total. The SMILES string of the molecule is CC1=CCCC2(C)C(CCC2(O)CN(Cc2ccc(OC(F)(F)F)cc2)C(=O)NC(C)c2ccccc2)c2ccc(cc2C(=O)c2ccc(-c3ccccc3)cc2)CC(O)CC1. The smallest absolute Gasteiger partial charge is 0.406 e. The van der Waals surface area contributed by atoms with E-state index in [0.29, 0.717) is 61.6 Å². The lowest BCUT2D eigenvalue weighted by Gasteiger charge is -2.46. The fraction of sp³-hybridized carbons (Fsp3) is 0.346. The number of nitrogens with zero attached hydrogens (tertiary/aromatic N) is 1. The Balaban J connectivity index is 1.26. The largest absolute Gasteiger partial charge is 0.573 e. The molecular formula is C52H55F3N2O5. The van der Waals surface area contributed by atoms with Crippen LogP contribution in [0.15, 0.2) is 139 Å². The summed E-state index contributed by atoms with van der Waals surface area (Å²) in [7, 11) is 0. The second-order valence-electron chi connectivity index (χ2n) is 17.3. The van der Waals surface area contributed by atoms with Gasteiger partial charge in [-0.1, -0.05) is 128 Å². The number of aliphatic hydroxyl groups is 2. The van der Waals surface area contributed by atoms with Crippen LogP contribution in [0.5, 0.6) is 5.75 Å². The molecule has 2 amide bonds. The fourth-order valence-corrected chi connectivity index (χ4v) is 9.43. The van der Waals surface area contributed by atoms with Crippen molar-refractivity contribution in [3.8, 4) is 16.9 Å². The molecule has 10 heteroatoms. The third kappa shape index (κ3) is 10.3. The summed E-state index contributed by atoms with van der Waals surface area (Å²) in [6.07, 6.45) is 0.397. The molecule has 0 heterocycles. The molecule has 1 fully saturated rings. The minimum Gasteiger partial charge on any atom is -0.406 e. The minimum atomic E-state index is -4.85. The van der Waals surface area contributed by atoms with Gasteiger partial charge in [-0.3, -0.25) is 4.79 Å². The number of urea groups is 1. The summed E-state index contributed by atoms with van der Waals surface area (Å²) in [5.41, 5.74) is 5.02. The Morgan fingerprint density at radius 3 is 2.21 bits per heavy atom. The van der Waals surface area contributed by atoms with Gasteiger partial charge in [0, 0.05) is 23.1 Å². The maximum atomic E-state index is 14.7. The number of halogens is 3. The van der Waals surface area contributed by atoms with Crippen LogP contribution in [0.3, 0.4) is 0 Å². The zero-order valence-electron chi connectivity index (χ0n) is 35.5. The molecule has 0 aromatic heterocycles. The van der Waals surface area contributed by atoms with Crippen molar-refractivity contribution in [2.45, 2.75) is 102 Å². The number of carbonyl (C=O) groups is 2. The van der Waals surface area contributed by atoms with Crippen molar-refractivity contribution >= 4 is 11.8 Å². The van der Waals surface area contributed by atoms with Crippen molar-refractivity contribution < 1.29 is 37.7 Å². The molecule has 2 bridgehead atoms. The zero-order chi connectivity index (χ0) is 44.1. The molecule has 3 aliphatic carbocycles. The van der Waals surface area contributed by atoms with Gasteiger partial charge in [0.05, 0.1) is 24.3 Å². The van der Waals surface area contributed by atoms with Crippen molar-refractivity contribution in [2.24, 2.45) is 5.41 Å². The molecule has 62 heavy (non-hydrogen) atoms. The third-order valence-electron chi connectivity index (χ3n) is 13.1. The molecule has 7 nitrogen and oxygen atoms in total. The minimum absolute atomic E-state index is 0.00143. The van der Waals surface area contributed by atoms with Gasteiger partial charge in [-0.05, 0) is 116 Å². The van der Waals surface area contributed by atoms with Gasteiger partial charge >= 0.3 is 12.4 Å². The molecule has 5 aromatic carbocycles. The van der Waals surface area contributed by atoms with Crippen LogP contribution in [0, 0.1) is 5.41 Å². The van der Waals surface area contributed by atoms with Crippen molar-refractivity contribution in [2.75, 3.05) is 6.54 Å². The molecule has 0 aliphatic heterocycles. The molecule has 5 atom stereocenters. The summed E-state index contributed by atoms with van der Waals surface area (Å²) < 4.78 is 43.1. The quantitative estimate of drug-likeness (QED) is 0.0960. The summed E-state index contributed by atoms with van der Waals surface area (Å²) in [6, 6.07) is 37.5. The average molecular weight is 845 g/mol. The topological polar surface area (TPSA) is 99.1 Å². The van der Waals surface area contributed by atoms with Crippen LogP contribution >= 0.6 is 0 Å². The van der Waals surface area contributed by atoms with E-state index in [9.17, 15) is 33.0 Å². The van der Waals surface area contributed by atoms with Gasteiger partial charge in [-0.2, -0.15) is 0 Å². The van der Waals surface area contributed by atoms with Crippen LogP contribution in [0.1, 0.15) is 109 Å². The highest BCUT2D eigenvalue weighted by Gasteiger charge is 2.57. The molecule has 5 aromatic rings. The number of amides is 2. The average Bonchev–Trinajstić information content (AvgIpc) is 3.51. The van der Waals surface area contributed by atoms with Crippen LogP contribution in [-0.4, -0.2) is 51.5 Å².